The minimum atomic E-state index is -0.384. The van der Waals surface area contributed by atoms with Crippen molar-refractivity contribution < 1.29 is 9.32 Å². The Labute approximate surface area is 159 Å². The van der Waals surface area contributed by atoms with Crippen LogP contribution in [0.1, 0.15) is 10.4 Å². The molecule has 0 saturated heterocycles. The molecule has 0 aliphatic heterocycles. The first-order valence-corrected chi connectivity index (χ1v) is 8.36. The monoisotopic (exact) mass is 377 g/mol. The van der Waals surface area contributed by atoms with Gasteiger partial charge >= 0.3 is 0 Å². The van der Waals surface area contributed by atoms with Gasteiger partial charge in [-0.2, -0.15) is 4.98 Å². The molecule has 4 rings (SSSR count). The van der Waals surface area contributed by atoms with E-state index in [9.17, 15) is 4.79 Å². The number of nitrogens with zero attached hydrogens (tertiary/aromatic N) is 4. The third-order valence-corrected chi connectivity index (χ3v) is 4.03. The Balaban J connectivity index is 1.65. The van der Waals surface area contributed by atoms with E-state index >= 15 is 0 Å². The van der Waals surface area contributed by atoms with E-state index in [1.165, 1.54) is 6.20 Å². The van der Waals surface area contributed by atoms with Crippen molar-refractivity contribution in [1.29, 1.82) is 0 Å². The molecule has 3 aromatic heterocycles. The van der Waals surface area contributed by atoms with Crippen LogP contribution in [0.2, 0.25) is 5.15 Å². The predicted octanol–water partition coefficient (Wildman–Crippen LogP) is 4.10. The van der Waals surface area contributed by atoms with Crippen molar-refractivity contribution in [2.45, 2.75) is 0 Å². The smallest absolute Gasteiger partial charge is 0.260 e. The molecule has 4 aromatic rings. The van der Waals surface area contributed by atoms with Crippen molar-refractivity contribution in [3.8, 4) is 23.0 Å². The van der Waals surface area contributed by atoms with Crippen LogP contribution in [0, 0.1) is 0 Å². The summed E-state index contributed by atoms with van der Waals surface area (Å²) in [5, 5.41) is 6.90. The number of nitrogens with one attached hydrogen (secondary N) is 1. The zero-order chi connectivity index (χ0) is 18.6. The van der Waals surface area contributed by atoms with Gasteiger partial charge in [-0.25, -0.2) is 4.98 Å². The second-order valence-electron chi connectivity index (χ2n) is 5.48. The summed E-state index contributed by atoms with van der Waals surface area (Å²) in [4.78, 5) is 25.0. The molecule has 0 unspecified atom stereocenters. The highest BCUT2D eigenvalue weighted by Crippen LogP contribution is 2.28. The Kier molecular flexibility index (Phi) is 4.59. The fourth-order valence-corrected chi connectivity index (χ4v) is 2.66. The molecule has 1 N–H and O–H groups in total. The summed E-state index contributed by atoms with van der Waals surface area (Å²) in [6.45, 7) is 0. The summed E-state index contributed by atoms with van der Waals surface area (Å²) < 4.78 is 5.37. The molecule has 27 heavy (non-hydrogen) atoms. The molecule has 0 saturated carbocycles. The largest absolute Gasteiger partial charge is 0.333 e. The molecule has 1 amide bonds. The van der Waals surface area contributed by atoms with E-state index in [4.69, 9.17) is 16.1 Å². The lowest BCUT2D eigenvalue weighted by molar-refractivity contribution is 0.102. The van der Waals surface area contributed by atoms with E-state index in [0.717, 1.165) is 0 Å². The van der Waals surface area contributed by atoms with Gasteiger partial charge in [-0.1, -0.05) is 35.0 Å². The van der Waals surface area contributed by atoms with E-state index in [1.54, 1.807) is 48.7 Å². The summed E-state index contributed by atoms with van der Waals surface area (Å²) in [5.41, 5.74) is 1.96. The number of halogens is 1. The van der Waals surface area contributed by atoms with Gasteiger partial charge in [0.2, 0.25) is 5.82 Å². The Morgan fingerprint density at radius 1 is 0.963 bits per heavy atom. The topological polar surface area (TPSA) is 93.8 Å². The van der Waals surface area contributed by atoms with Gasteiger partial charge in [-0.3, -0.25) is 9.78 Å². The van der Waals surface area contributed by atoms with Crippen molar-refractivity contribution in [2.75, 3.05) is 5.32 Å². The summed E-state index contributed by atoms with van der Waals surface area (Å²) >= 11 is 5.99. The van der Waals surface area contributed by atoms with Crippen molar-refractivity contribution in [3.63, 3.8) is 0 Å². The third-order valence-electron chi connectivity index (χ3n) is 3.73. The van der Waals surface area contributed by atoms with E-state index in [2.05, 4.69) is 25.4 Å². The van der Waals surface area contributed by atoms with Gasteiger partial charge in [0.1, 0.15) is 10.8 Å². The number of carbonyl (C=O) groups is 1. The molecule has 132 valence electrons. The fraction of sp³-hybridized carbons (Fsp3) is 0. The quantitative estimate of drug-likeness (QED) is 0.538. The average molecular weight is 378 g/mol. The van der Waals surface area contributed by atoms with E-state index in [1.807, 2.05) is 12.1 Å². The van der Waals surface area contributed by atoms with Gasteiger partial charge in [0.25, 0.3) is 11.8 Å². The molecule has 3 heterocycles. The number of hydrogen-bond acceptors (Lipinski definition) is 6. The zero-order valence-corrected chi connectivity index (χ0v) is 14.6. The highest BCUT2D eigenvalue weighted by molar-refractivity contribution is 6.33. The van der Waals surface area contributed by atoms with Gasteiger partial charge in [-0.05, 0) is 36.4 Å². The van der Waals surface area contributed by atoms with Crippen LogP contribution in [0.15, 0.2) is 71.5 Å². The Morgan fingerprint density at radius 3 is 2.59 bits per heavy atom. The van der Waals surface area contributed by atoms with E-state index in [-0.39, 0.29) is 22.5 Å². The van der Waals surface area contributed by atoms with E-state index in [0.29, 0.717) is 22.8 Å². The Morgan fingerprint density at radius 2 is 1.78 bits per heavy atom. The van der Waals surface area contributed by atoms with Gasteiger partial charge in [-0.15, -0.1) is 0 Å². The van der Waals surface area contributed by atoms with Crippen molar-refractivity contribution in [1.82, 2.24) is 20.1 Å². The van der Waals surface area contributed by atoms with Crippen molar-refractivity contribution in [2.24, 2.45) is 0 Å². The molecule has 0 aliphatic carbocycles. The van der Waals surface area contributed by atoms with Crippen molar-refractivity contribution in [3.05, 3.63) is 77.7 Å². The van der Waals surface area contributed by atoms with E-state index < -0.39 is 0 Å². The van der Waals surface area contributed by atoms with Gasteiger partial charge in [0, 0.05) is 12.4 Å². The highest BCUT2D eigenvalue weighted by Gasteiger charge is 2.17. The van der Waals surface area contributed by atoms with Gasteiger partial charge < -0.3 is 9.84 Å². The van der Waals surface area contributed by atoms with Crippen LogP contribution in [0.25, 0.3) is 23.0 Å². The second-order valence-corrected chi connectivity index (χ2v) is 5.84. The minimum absolute atomic E-state index is 0.128. The molecule has 0 atom stereocenters. The average Bonchev–Trinajstić information content (AvgIpc) is 3.19. The first-order valence-electron chi connectivity index (χ1n) is 7.99. The molecule has 0 radical (unpaired) electrons. The first kappa shape index (κ1) is 16.9. The van der Waals surface area contributed by atoms with Crippen LogP contribution in [0.3, 0.4) is 0 Å². The number of hydrogen-bond donors (Lipinski definition) is 1. The molecule has 0 fully saturated rings. The van der Waals surface area contributed by atoms with Gasteiger partial charge in [0.15, 0.2) is 0 Å². The fourth-order valence-electron chi connectivity index (χ4n) is 2.46. The maximum atomic E-state index is 12.5. The third kappa shape index (κ3) is 3.54. The highest BCUT2D eigenvalue weighted by atomic mass is 35.5. The number of rotatable bonds is 4. The molecule has 8 heteroatoms. The second kappa shape index (κ2) is 7.35. The maximum Gasteiger partial charge on any atom is 0.260 e. The minimum Gasteiger partial charge on any atom is -0.333 e. The predicted molar refractivity (Wildman–Crippen MR) is 100 cm³/mol. The normalized spacial score (nSPS) is 10.6. The SMILES string of the molecule is O=C(Nc1ccccc1-c1nc(-c2ccccn2)no1)c1cccnc1Cl. The Hall–Kier alpha value is -3.58. The summed E-state index contributed by atoms with van der Waals surface area (Å²) in [6, 6.07) is 15.8. The number of carbonyl (C=O) groups excluding carboxylic acids is 1. The van der Waals surface area contributed by atoms with Crippen LogP contribution < -0.4 is 5.32 Å². The molecule has 0 spiro atoms. The summed E-state index contributed by atoms with van der Waals surface area (Å²) in [5.74, 6) is 0.246. The van der Waals surface area contributed by atoms with Crippen molar-refractivity contribution >= 4 is 23.2 Å². The Bertz CT molecular complexity index is 1100. The summed E-state index contributed by atoms with van der Waals surface area (Å²) in [6.07, 6.45) is 3.17. The number of amides is 1. The number of para-hydroxylation sites is 1. The van der Waals surface area contributed by atoms with Crippen LogP contribution in [0.4, 0.5) is 5.69 Å². The lowest BCUT2D eigenvalue weighted by atomic mass is 10.1. The maximum absolute atomic E-state index is 12.5. The van der Waals surface area contributed by atoms with Crippen LogP contribution >= 0.6 is 11.6 Å². The first-order chi connectivity index (χ1) is 13.2. The number of aromatic nitrogens is 4. The van der Waals surface area contributed by atoms with Gasteiger partial charge in [0.05, 0.1) is 16.8 Å². The zero-order valence-electron chi connectivity index (χ0n) is 13.8. The number of benzene rings is 1. The molecular formula is C19H12ClN5O2. The molecule has 0 aliphatic rings. The molecular weight excluding hydrogens is 366 g/mol. The number of pyridine rings is 2. The lowest BCUT2D eigenvalue weighted by Crippen LogP contribution is -2.13. The molecule has 0 bridgehead atoms. The van der Waals surface area contributed by atoms with Crippen LogP contribution in [-0.2, 0) is 0 Å². The lowest BCUT2D eigenvalue weighted by Gasteiger charge is -2.09. The van der Waals surface area contributed by atoms with Crippen LogP contribution in [0.5, 0.6) is 0 Å². The summed E-state index contributed by atoms with van der Waals surface area (Å²) in [7, 11) is 0. The molecule has 7 nitrogen and oxygen atoms in total. The van der Waals surface area contributed by atoms with Crippen LogP contribution in [-0.4, -0.2) is 26.0 Å². The standard InChI is InChI=1S/C19H12ClN5O2/c20-16-13(7-5-11-22-16)18(26)23-14-8-2-1-6-12(14)19-24-17(25-27-19)15-9-3-4-10-21-15/h1-11H,(H,23,26). The molecule has 1 aromatic carbocycles. The number of anilines is 1.